The number of benzene rings is 2. The van der Waals surface area contributed by atoms with Gasteiger partial charge in [-0.3, -0.25) is 4.79 Å². The van der Waals surface area contributed by atoms with Crippen LogP contribution in [-0.2, 0) is 0 Å². The van der Waals surface area contributed by atoms with Crippen molar-refractivity contribution in [2.75, 3.05) is 0 Å². The molecule has 0 spiro atoms. The molecular formula is C17H12N2O. The van der Waals surface area contributed by atoms with Crippen molar-refractivity contribution in [2.45, 2.75) is 0 Å². The molecule has 0 saturated carbocycles. The molecule has 20 heavy (non-hydrogen) atoms. The molecule has 0 saturated heterocycles. The molecule has 0 radical (unpaired) electrons. The SMILES string of the molecule is O=c1[nH]c2ccccc2n2c(-c3ccccc3)ccc12. The summed E-state index contributed by atoms with van der Waals surface area (Å²) >= 11 is 0. The number of H-pyrrole nitrogens is 1. The maximum Gasteiger partial charge on any atom is 0.272 e. The number of aromatic nitrogens is 2. The summed E-state index contributed by atoms with van der Waals surface area (Å²) in [7, 11) is 0. The molecule has 0 aliphatic heterocycles. The zero-order valence-corrected chi connectivity index (χ0v) is 10.7. The van der Waals surface area contributed by atoms with E-state index in [0.717, 1.165) is 22.3 Å². The van der Waals surface area contributed by atoms with E-state index >= 15 is 0 Å². The van der Waals surface area contributed by atoms with Crippen LogP contribution in [0, 0.1) is 0 Å². The van der Waals surface area contributed by atoms with E-state index in [1.807, 2.05) is 59.0 Å². The van der Waals surface area contributed by atoms with Gasteiger partial charge in [0.05, 0.1) is 16.7 Å². The van der Waals surface area contributed by atoms with Gasteiger partial charge in [-0.1, -0.05) is 42.5 Å². The monoisotopic (exact) mass is 260 g/mol. The molecule has 2 aromatic carbocycles. The number of nitrogens with one attached hydrogen (secondary N) is 1. The number of para-hydroxylation sites is 2. The van der Waals surface area contributed by atoms with Gasteiger partial charge in [0.1, 0.15) is 5.52 Å². The van der Waals surface area contributed by atoms with Gasteiger partial charge in [0.15, 0.2) is 0 Å². The fraction of sp³-hybridized carbons (Fsp3) is 0. The Morgan fingerprint density at radius 2 is 1.50 bits per heavy atom. The third-order valence-electron chi connectivity index (χ3n) is 3.58. The molecule has 4 aromatic rings. The molecule has 2 aromatic heterocycles. The van der Waals surface area contributed by atoms with Crippen molar-refractivity contribution in [1.29, 1.82) is 0 Å². The van der Waals surface area contributed by atoms with Gasteiger partial charge < -0.3 is 9.38 Å². The first-order valence-electron chi connectivity index (χ1n) is 6.52. The van der Waals surface area contributed by atoms with Crippen LogP contribution in [0.4, 0.5) is 0 Å². The summed E-state index contributed by atoms with van der Waals surface area (Å²) in [5.41, 5.74) is 4.59. The maximum absolute atomic E-state index is 12.2. The highest BCUT2D eigenvalue weighted by atomic mass is 16.1. The largest absolute Gasteiger partial charge is 0.319 e. The molecule has 0 aliphatic rings. The first kappa shape index (κ1) is 11.1. The van der Waals surface area contributed by atoms with Crippen LogP contribution >= 0.6 is 0 Å². The van der Waals surface area contributed by atoms with Gasteiger partial charge in [-0.05, 0) is 29.8 Å². The van der Waals surface area contributed by atoms with Crippen LogP contribution in [0.5, 0.6) is 0 Å². The second-order valence-electron chi connectivity index (χ2n) is 4.78. The molecule has 0 bridgehead atoms. The van der Waals surface area contributed by atoms with Gasteiger partial charge >= 0.3 is 0 Å². The van der Waals surface area contributed by atoms with E-state index in [1.165, 1.54) is 0 Å². The standard InChI is InChI=1S/C17H12N2O/c20-17-16-11-10-14(12-6-2-1-3-7-12)19(16)15-9-5-4-8-13(15)18-17/h1-11H,(H,18,20). The summed E-state index contributed by atoms with van der Waals surface area (Å²) in [6, 6.07) is 21.8. The minimum Gasteiger partial charge on any atom is -0.319 e. The predicted octanol–water partition coefficient (Wildman–Crippen LogP) is 3.45. The van der Waals surface area contributed by atoms with Crippen LogP contribution in [0.1, 0.15) is 0 Å². The minimum absolute atomic E-state index is 0.0640. The average Bonchev–Trinajstić information content (AvgIpc) is 2.94. The third-order valence-corrected chi connectivity index (χ3v) is 3.58. The van der Waals surface area contributed by atoms with Gasteiger partial charge in [0, 0.05) is 0 Å². The van der Waals surface area contributed by atoms with Crippen LogP contribution in [0.15, 0.2) is 71.5 Å². The second kappa shape index (κ2) is 4.10. The third kappa shape index (κ3) is 1.50. The molecule has 4 rings (SSSR count). The van der Waals surface area contributed by atoms with E-state index in [0.29, 0.717) is 5.52 Å². The summed E-state index contributed by atoms with van der Waals surface area (Å²) in [5, 5.41) is 0. The molecule has 0 amide bonds. The Balaban J connectivity index is 2.22. The summed E-state index contributed by atoms with van der Waals surface area (Å²) in [6.07, 6.45) is 0. The number of hydrogen-bond acceptors (Lipinski definition) is 1. The van der Waals surface area contributed by atoms with Crippen LogP contribution in [0.25, 0.3) is 27.8 Å². The van der Waals surface area contributed by atoms with E-state index < -0.39 is 0 Å². The lowest BCUT2D eigenvalue weighted by Crippen LogP contribution is -2.10. The molecule has 96 valence electrons. The second-order valence-corrected chi connectivity index (χ2v) is 4.78. The van der Waals surface area contributed by atoms with Crippen LogP contribution in [0.2, 0.25) is 0 Å². The van der Waals surface area contributed by atoms with E-state index in [4.69, 9.17) is 0 Å². The molecular weight excluding hydrogens is 248 g/mol. The minimum atomic E-state index is -0.0640. The quantitative estimate of drug-likeness (QED) is 0.559. The Bertz CT molecular complexity index is 965. The lowest BCUT2D eigenvalue weighted by Gasteiger charge is -2.07. The fourth-order valence-electron chi connectivity index (χ4n) is 2.67. The Kier molecular flexibility index (Phi) is 2.27. The molecule has 0 unspecified atom stereocenters. The number of aromatic amines is 1. The average molecular weight is 260 g/mol. The van der Waals surface area contributed by atoms with Crippen molar-refractivity contribution in [2.24, 2.45) is 0 Å². The number of nitrogens with zero attached hydrogens (tertiary/aromatic N) is 1. The molecule has 1 N–H and O–H groups in total. The van der Waals surface area contributed by atoms with Gasteiger partial charge in [-0.25, -0.2) is 0 Å². The van der Waals surface area contributed by atoms with Crippen LogP contribution in [-0.4, -0.2) is 9.38 Å². The van der Waals surface area contributed by atoms with Crippen molar-refractivity contribution in [3.05, 3.63) is 77.1 Å². The zero-order chi connectivity index (χ0) is 13.5. The van der Waals surface area contributed by atoms with E-state index in [9.17, 15) is 4.79 Å². The molecule has 3 heteroatoms. The van der Waals surface area contributed by atoms with Gasteiger partial charge in [0.2, 0.25) is 0 Å². The lowest BCUT2D eigenvalue weighted by atomic mass is 10.1. The Morgan fingerprint density at radius 3 is 2.35 bits per heavy atom. The van der Waals surface area contributed by atoms with Gasteiger partial charge in [0.25, 0.3) is 5.56 Å². The first-order chi connectivity index (χ1) is 9.84. The highest BCUT2D eigenvalue weighted by molar-refractivity contribution is 5.82. The molecule has 3 nitrogen and oxygen atoms in total. The maximum atomic E-state index is 12.2. The summed E-state index contributed by atoms with van der Waals surface area (Å²) in [6.45, 7) is 0. The van der Waals surface area contributed by atoms with Crippen molar-refractivity contribution in [1.82, 2.24) is 9.38 Å². The van der Waals surface area contributed by atoms with Crippen molar-refractivity contribution in [3.8, 4) is 11.3 Å². The van der Waals surface area contributed by atoms with Crippen molar-refractivity contribution in [3.63, 3.8) is 0 Å². The van der Waals surface area contributed by atoms with Gasteiger partial charge in [-0.2, -0.15) is 0 Å². The number of hydrogen-bond donors (Lipinski definition) is 1. The molecule has 0 atom stereocenters. The van der Waals surface area contributed by atoms with Crippen molar-refractivity contribution >= 4 is 16.6 Å². The molecule has 2 heterocycles. The summed E-state index contributed by atoms with van der Waals surface area (Å²) in [5.74, 6) is 0. The highest BCUT2D eigenvalue weighted by Crippen LogP contribution is 2.24. The Morgan fingerprint density at radius 1 is 0.750 bits per heavy atom. The first-order valence-corrected chi connectivity index (χ1v) is 6.52. The number of rotatable bonds is 1. The van der Waals surface area contributed by atoms with Gasteiger partial charge in [-0.15, -0.1) is 0 Å². The highest BCUT2D eigenvalue weighted by Gasteiger charge is 2.10. The Hall–Kier alpha value is -2.81. The summed E-state index contributed by atoms with van der Waals surface area (Å²) < 4.78 is 2.02. The lowest BCUT2D eigenvalue weighted by molar-refractivity contribution is 1.19. The smallest absolute Gasteiger partial charge is 0.272 e. The normalized spacial score (nSPS) is 11.2. The van der Waals surface area contributed by atoms with Crippen LogP contribution < -0.4 is 5.56 Å². The van der Waals surface area contributed by atoms with E-state index in [-0.39, 0.29) is 5.56 Å². The zero-order valence-electron chi connectivity index (χ0n) is 10.7. The number of fused-ring (bicyclic) bond motifs is 3. The van der Waals surface area contributed by atoms with E-state index in [2.05, 4.69) is 17.1 Å². The Labute approximate surface area is 115 Å². The molecule has 0 aliphatic carbocycles. The fourth-order valence-corrected chi connectivity index (χ4v) is 2.67. The summed E-state index contributed by atoms with van der Waals surface area (Å²) in [4.78, 5) is 15.1. The predicted molar refractivity (Wildman–Crippen MR) is 81.0 cm³/mol. The van der Waals surface area contributed by atoms with E-state index in [1.54, 1.807) is 0 Å². The van der Waals surface area contributed by atoms with Crippen molar-refractivity contribution < 1.29 is 0 Å². The topological polar surface area (TPSA) is 37.3 Å². The molecule has 0 fully saturated rings. The van der Waals surface area contributed by atoms with Crippen LogP contribution in [0.3, 0.4) is 0 Å².